The Morgan fingerprint density at radius 3 is 2.71 bits per heavy atom. The van der Waals surface area contributed by atoms with Gasteiger partial charge in [-0.1, -0.05) is 29.8 Å². The summed E-state index contributed by atoms with van der Waals surface area (Å²) < 4.78 is 7.94. The second kappa shape index (κ2) is 5.80. The van der Waals surface area contributed by atoms with Crippen molar-refractivity contribution < 1.29 is 4.74 Å². The van der Waals surface area contributed by atoms with E-state index in [1.54, 1.807) is 0 Å². The summed E-state index contributed by atoms with van der Waals surface area (Å²) in [5.41, 5.74) is 9.09. The molecule has 0 saturated heterocycles. The largest absolute Gasteiger partial charge is 0.486 e. The predicted octanol–water partition coefficient (Wildman–Crippen LogP) is 3.87. The van der Waals surface area contributed by atoms with Crippen LogP contribution < -0.4 is 10.5 Å². The van der Waals surface area contributed by atoms with Crippen LogP contribution >= 0.6 is 11.6 Å². The molecule has 3 nitrogen and oxygen atoms in total. The fourth-order valence-electron chi connectivity index (χ4n) is 2.44. The van der Waals surface area contributed by atoms with Crippen molar-refractivity contribution in [3.05, 3.63) is 64.8 Å². The zero-order chi connectivity index (χ0) is 14.8. The molecule has 0 spiro atoms. The number of nitrogens with two attached hydrogens (primary N) is 1. The van der Waals surface area contributed by atoms with Crippen molar-refractivity contribution in [2.75, 3.05) is 0 Å². The van der Waals surface area contributed by atoms with Crippen LogP contribution in [-0.4, -0.2) is 4.57 Å². The van der Waals surface area contributed by atoms with E-state index >= 15 is 0 Å². The van der Waals surface area contributed by atoms with E-state index < -0.39 is 0 Å². The Morgan fingerprint density at radius 1 is 1.14 bits per heavy atom. The first-order valence-corrected chi connectivity index (χ1v) is 7.21. The first kappa shape index (κ1) is 14.0. The minimum atomic E-state index is 0.479. The molecule has 0 amide bonds. The normalized spacial score (nSPS) is 11.0. The monoisotopic (exact) mass is 300 g/mol. The molecule has 1 heterocycles. The molecule has 0 unspecified atom stereocenters. The first-order valence-electron chi connectivity index (χ1n) is 6.83. The van der Waals surface area contributed by atoms with Crippen LogP contribution in [0.4, 0.5) is 0 Å². The van der Waals surface area contributed by atoms with Crippen LogP contribution in [0.5, 0.6) is 5.75 Å². The summed E-state index contributed by atoms with van der Waals surface area (Å²) in [6.45, 7) is 1.03. The van der Waals surface area contributed by atoms with Crippen molar-refractivity contribution in [2.24, 2.45) is 12.8 Å². The molecule has 0 aliphatic rings. The van der Waals surface area contributed by atoms with E-state index in [2.05, 4.69) is 28.8 Å². The van der Waals surface area contributed by atoms with Gasteiger partial charge >= 0.3 is 0 Å². The molecule has 3 rings (SSSR count). The third kappa shape index (κ3) is 2.75. The number of aromatic nitrogens is 1. The van der Waals surface area contributed by atoms with Gasteiger partial charge in [-0.15, -0.1) is 0 Å². The van der Waals surface area contributed by atoms with Crippen LogP contribution in [0.2, 0.25) is 5.02 Å². The van der Waals surface area contributed by atoms with E-state index in [9.17, 15) is 0 Å². The van der Waals surface area contributed by atoms with Gasteiger partial charge in [0.25, 0.3) is 0 Å². The van der Waals surface area contributed by atoms with Gasteiger partial charge in [-0.05, 0) is 35.9 Å². The molecule has 0 atom stereocenters. The molecule has 21 heavy (non-hydrogen) atoms. The quantitative estimate of drug-likeness (QED) is 0.794. The standard InChI is InChI=1S/C17H17ClN2O/c1-20-14(11-21-17-5-3-2-4-15(17)18)9-13-8-12(10-19)6-7-16(13)20/h2-9H,10-11,19H2,1H3. The Hall–Kier alpha value is -1.97. The van der Waals surface area contributed by atoms with Gasteiger partial charge in [-0.2, -0.15) is 0 Å². The van der Waals surface area contributed by atoms with Gasteiger partial charge in [0.1, 0.15) is 12.4 Å². The summed E-state index contributed by atoms with van der Waals surface area (Å²) in [4.78, 5) is 0. The van der Waals surface area contributed by atoms with Crippen molar-refractivity contribution in [1.29, 1.82) is 0 Å². The lowest BCUT2D eigenvalue weighted by Crippen LogP contribution is -2.02. The topological polar surface area (TPSA) is 40.2 Å². The number of rotatable bonds is 4. The molecule has 2 N–H and O–H groups in total. The van der Waals surface area contributed by atoms with E-state index in [0.717, 1.165) is 11.3 Å². The SMILES string of the molecule is Cn1c(COc2ccccc2Cl)cc2cc(CN)ccc21. The zero-order valence-electron chi connectivity index (χ0n) is 11.8. The van der Waals surface area contributed by atoms with Gasteiger partial charge in [0.05, 0.1) is 10.7 Å². The van der Waals surface area contributed by atoms with Crippen LogP contribution in [0.3, 0.4) is 0 Å². The van der Waals surface area contributed by atoms with Gasteiger partial charge < -0.3 is 15.0 Å². The van der Waals surface area contributed by atoms with Crippen LogP contribution in [0.25, 0.3) is 10.9 Å². The molecule has 2 aromatic carbocycles. The fourth-order valence-corrected chi connectivity index (χ4v) is 2.63. The Kier molecular flexibility index (Phi) is 3.86. The summed E-state index contributed by atoms with van der Waals surface area (Å²) in [6.07, 6.45) is 0. The summed E-state index contributed by atoms with van der Waals surface area (Å²) in [5, 5.41) is 1.81. The van der Waals surface area contributed by atoms with Gasteiger partial charge in [-0.3, -0.25) is 0 Å². The summed E-state index contributed by atoms with van der Waals surface area (Å²) in [5.74, 6) is 0.701. The second-order valence-electron chi connectivity index (χ2n) is 5.01. The molecule has 0 aliphatic heterocycles. The summed E-state index contributed by atoms with van der Waals surface area (Å²) >= 11 is 6.10. The molecule has 108 valence electrons. The molecule has 0 saturated carbocycles. The molecule has 0 fully saturated rings. The van der Waals surface area contributed by atoms with Crippen LogP contribution in [0.15, 0.2) is 48.5 Å². The molecule has 0 aliphatic carbocycles. The highest BCUT2D eigenvalue weighted by Crippen LogP contribution is 2.26. The number of fused-ring (bicyclic) bond motifs is 1. The van der Waals surface area contributed by atoms with Gasteiger partial charge in [-0.25, -0.2) is 0 Å². The van der Waals surface area contributed by atoms with Gasteiger partial charge in [0.15, 0.2) is 0 Å². The molecule has 0 radical (unpaired) electrons. The lowest BCUT2D eigenvalue weighted by Gasteiger charge is -2.08. The summed E-state index contributed by atoms with van der Waals surface area (Å²) in [6, 6.07) is 15.9. The highest BCUT2D eigenvalue weighted by molar-refractivity contribution is 6.32. The second-order valence-corrected chi connectivity index (χ2v) is 5.42. The third-order valence-corrected chi connectivity index (χ3v) is 3.97. The number of hydrogen-bond acceptors (Lipinski definition) is 2. The maximum Gasteiger partial charge on any atom is 0.138 e. The number of aryl methyl sites for hydroxylation is 1. The average Bonchev–Trinajstić information content (AvgIpc) is 2.82. The van der Waals surface area contributed by atoms with Crippen molar-refractivity contribution >= 4 is 22.5 Å². The van der Waals surface area contributed by atoms with E-state index in [4.69, 9.17) is 22.1 Å². The lowest BCUT2D eigenvalue weighted by molar-refractivity contribution is 0.298. The number of hydrogen-bond donors (Lipinski definition) is 1. The Morgan fingerprint density at radius 2 is 1.95 bits per heavy atom. The van der Waals surface area contributed by atoms with Crippen LogP contribution in [0, 0.1) is 0 Å². The maximum absolute atomic E-state index is 6.10. The van der Waals surface area contributed by atoms with Gasteiger partial charge in [0.2, 0.25) is 0 Å². The first-order chi connectivity index (χ1) is 10.2. The Bertz CT molecular complexity index is 780. The van der Waals surface area contributed by atoms with Crippen molar-refractivity contribution in [2.45, 2.75) is 13.2 Å². The third-order valence-electron chi connectivity index (χ3n) is 3.65. The number of benzene rings is 2. The van der Waals surface area contributed by atoms with Crippen molar-refractivity contribution in [3.63, 3.8) is 0 Å². The number of ether oxygens (including phenoxy) is 1. The maximum atomic E-state index is 6.10. The molecule has 1 aromatic heterocycles. The van der Waals surface area contributed by atoms with Crippen molar-refractivity contribution in [3.8, 4) is 5.75 Å². The predicted molar refractivity (Wildman–Crippen MR) is 86.6 cm³/mol. The minimum Gasteiger partial charge on any atom is -0.486 e. The fraction of sp³-hybridized carbons (Fsp3) is 0.176. The van der Waals surface area contributed by atoms with Crippen molar-refractivity contribution in [1.82, 2.24) is 4.57 Å². The number of para-hydroxylation sites is 1. The Balaban J connectivity index is 1.87. The van der Waals surface area contributed by atoms with E-state index in [-0.39, 0.29) is 0 Å². The van der Waals surface area contributed by atoms with Crippen LogP contribution in [0.1, 0.15) is 11.3 Å². The van der Waals surface area contributed by atoms with E-state index in [0.29, 0.717) is 23.9 Å². The molecule has 3 aromatic rings. The molecule has 0 bridgehead atoms. The molecular formula is C17H17ClN2O. The zero-order valence-corrected chi connectivity index (χ0v) is 12.6. The Labute approximate surface area is 128 Å². The highest BCUT2D eigenvalue weighted by atomic mass is 35.5. The minimum absolute atomic E-state index is 0.479. The number of nitrogens with zero attached hydrogens (tertiary/aromatic N) is 1. The average molecular weight is 301 g/mol. The lowest BCUT2D eigenvalue weighted by atomic mass is 10.1. The van der Waals surface area contributed by atoms with Crippen LogP contribution in [-0.2, 0) is 20.2 Å². The smallest absolute Gasteiger partial charge is 0.138 e. The molecule has 4 heteroatoms. The van der Waals surface area contributed by atoms with Gasteiger partial charge in [0, 0.05) is 24.5 Å². The van der Waals surface area contributed by atoms with E-state index in [1.807, 2.05) is 31.3 Å². The van der Waals surface area contributed by atoms with E-state index in [1.165, 1.54) is 10.9 Å². The summed E-state index contributed by atoms with van der Waals surface area (Å²) in [7, 11) is 2.04. The number of halogens is 1. The highest BCUT2D eigenvalue weighted by Gasteiger charge is 2.08. The molecular weight excluding hydrogens is 284 g/mol.